The smallest absolute Gasteiger partial charge is 0.257 e. The van der Waals surface area contributed by atoms with Gasteiger partial charge in [0.1, 0.15) is 0 Å². The molecule has 0 aromatic carbocycles. The largest absolute Gasteiger partial charge is 0.286 e. The molecular formula is C9H13N5. The van der Waals surface area contributed by atoms with Gasteiger partial charge in [-0.3, -0.25) is 5.43 Å². The second kappa shape index (κ2) is 3.26. The second-order valence-electron chi connectivity index (χ2n) is 3.45. The number of nitrogens with one attached hydrogen (secondary N) is 1. The van der Waals surface area contributed by atoms with E-state index in [1.54, 1.807) is 4.52 Å². The van der Waals surface area contributed by atoms with Gasteiger partial charge in [0.15, 0.2) is 5.65 Å². The van der Waals surface area contributed by atoms with E-state index in [-0.39, 0.29) is 0 Å². The van der Waals surface area contributed by atoms with Crippen LogP contribution in [0.15, 0.2) is 18.3 Å². The molecule has 5 heteroatoms. The zero-order valence-electron chi connectivity index (χ0n) is 8.52. The third-order valence-corrected chi connectivity index (χ3v) is 1.82. The topological polar surface area (TPSA) is 45.5 Å². The lowest BCUT2D eigenvalue weighted by Crippen LogP contribution is -2.20. The summed E-state index contributed by atoms with van der Waals surface area (Å²) >= 11 is 0. The average Bonchev–Trinajstić information content (AvgIpc) is 2.44. The van der Waals surface area contributed by atoms with Gasteiger partial charge in [0.25, 0.3) is 5.95 Å². The average molecular weight is 191 g/mol. The number of nitrogens with zero attached hydrogens (tertiary/aromatic N) is 4. The van der Waals surface area contributed by atoms with E-state index < -0.39 is 0 Å². The number of aromatic nitrogens is 3. The lowest BCUT2D eigenvalue weighted by atomic mass is 10.3. The maximum atomic E-state index is 4.31. The molecule has 2 aromatic rings. The van der Waals surface area contributed by atoms with Gasteiger partial charge in [-0.05, 0) is 24.6 Å². The summed E-state index contributed by atoms with van der Waals surface area (Å²) in [5, 5.41) is 6.05. The van der Waals surface area contributed by atoms with Gasteiger partial charge in [-0.15, -0.1) is 5.10 Å². The Kier molecular flexibility index (Phi) is 2.09. The summed E-state index contributed by atoms with van der Waals surface area (Å²) in [5.74, 6) is 0.612. The SMILES string of the molecule is Cc1ccn2nc(NN(C)C)nc2c1. The van der Waals surface area contributed by atoms with Gasteiger partial charge in [0.05, 0.1) is 0 Å². The summed E-state index contributed by atoms with van der Waals surface area (Å²) in [5.41, 5.74) is 5.04. The Morgan fingerprint density at radius 2 is 2.21 bits per heavy atom. The molecule has 1 N–H and O–H groups in total. The zero-order chi connectivity index (χ0) is 10.1. The molecule has 0 unspecified atom stereocenters. The minimum absolute atomic E-state index is 0.612. The standard InChI is InChI=1S/C9H13N5/c1-7-4-5-14-8(6-7)10-9(12-14)11-13(2)3/h4-6H,1-3H3,(H,11,12). The van der Waals surface area contributed by atoms with Crippen LogP contribution in [0.1, 0.15) is 5.56 Å². The fraction of sp³-hybridized carbons (Fsp3) is 0.333. The van der Waals surface area contributed by atoms with Crippen molar-refractivity contribution in [3.8, 4) is 0 Å². The Bertz CT molecular complexity index is 445. The van der Waals surface area contributed by atoms with E-state index in [9.17, 15) is 0 Å². The number of hydrogen-bond acceptors (Lipinski definition) is 4. The van der Waals surface area contributed by atoms with Gasteiger partial charge in [-0.25, -0.2) is 9.52 Å². The Hall–Kier alpha value is -1.62. The predicted octanol–water partition coefficient (Wildman–Crippen LogP) is 0.926. The molecule has 0 bridgehead atoms. The lowest BCUT2D eigenvalue weighted by molar-refractivity contribution is 0.489. The zero-order valence-corrected chi connectivity index (χ0v) is 8.52. The van der Waals surface area contributed by atoms with Crippen molar-refractivity contribution >= 4 is 11.6 Å². The first-order valence-electron chi connectivity index (χ1n) is 4.42. The highest BCUT2D eigenvalue weighted by atomic mass is 15.5. The van der Waals surface area contributed by atoms with Crippen molar-refractivity contribution in [1.29, 1.82) is 0 Å². The quantitative estimate of drug-likeness (QED) is 0.717. The van der Waals surface area contributed by atoms with E-state index in [0.29, 0.717) is 5.95 Å². The van der Waals surface area contributed by atoms with Crippen LogP contribution in [0.5, 0.6) is 0 Å². The lowest BCUT2D eigenvalue weighted by Gasteiger charge is -2.07. The molecule has 2 rings (SSSR count). The molecule has 0 atom stereocenters. The molecule has 0 amide bonds. The molecule has 0 aliphatic heterocycles. The third-order valence-electron chi connectivity index (χ3n) is 1.82. The van der Waals surface area contributed by atoms with E-state index in [4.69, 9.17) is 0 Å². The fourth-order valence-electron chi connectivity index (χ4n) is 1.23. The minimum Gasteiger partial charge on any atom is -0.286 e. The van der Waals surface area contributed by atoms with Gasteiger partial charge in [0.2, 0.25) is 0 Å². The Morgan fingerprint density at radius 3 is 2.93 bits per heavy atom. The van der Waals surface area contributed by atoms with Gasteiger partial charge in [0, 0.05) is 20.3 Å². The van der Waals surface area contributed by atoms with Crippen LogP contribution >= 0.6 is 0 Å². The number of hydrogen-bond donors (Lipinski definition) is 1. The molecule has 0 spiro atoms. The highest BCUT2D eigenvalue weighted by Gasteiger charge is 2.02. The Morgan fingerprint density at radius 1 is 1.43 bits per heavy atom. The van der Waals surface area contributed by atoms with Gasteiger partial charge >= 0.3 is 0 Å². The molecular weight excluding hydrogens is 178 g/mol. The molecule has 0 aliphatic carbocycles. The van der Waals surface area contributed by atoms with Crippen LogP contribution < -0.4 is 5.43 Å². The van der Waals surface area contributed by atoms with E-state index in [1.165, 1.54) is 5.56 Å². The molecule has 5 nitrogen and oxygen atoms in total. The van der Waals surface area contributed by atoms with Crippen LogP contribution in [0.2, 0.25) is 0 Å². The number of hydrazine groups is 1. The second-order valence-corrected chi connectivity index (χ2v) is 3.45. The maximum Gasteiger partial charge on any atom is 0.257 e. The van der Waals surface area contributed by atoms with Gasteiger partial charge < -0.3 is 0 Å². The van der Waals surface area contributed by atoms with Crippen LogP contribution in [0.4, 0.5) is 5.95 Å². The molecule has 14 heavy (non-hydrogen) atoms. The van der Waals surface area contributed by atoms with Crippen LogP contribution in [0, 0.1) is 6.92 Å². The van der Waals surface area contributed by atoms with Crippen LogP contribution in [0.25, 0.3) is 5.65 Å². The van der Waals surface area contributed by atoms with Crippen molar-refractivity contribution in [1.82, 2.24) is 19.6 Å². The molecule has 0 fully saturated rings. The fourth-order valence-corrected chi connectivity index (χ4v) is 1.23. The highest BCUT2D eigenvalue weighted by Crippen LogP contribution is 2.07. The summed E-state index contributed by atoms with van der Waals surface area (Å²) < 4.78 is 1.75. The van der Waals surface area contributed by atoms with Crippen molar-refractivity contribution in [2.75, 3.05) is 19.5 Å². The van der Waals surface area contributed by atoms with Crippen LogP contribution in [0.3, 0.4) is 0 Å². The molecule has 0 radical (unpaired) electrons. The number of rotatable bonds is 2. The van der Waals surface area contributed by atoms with Crippen LogP contribution in [-0.4, -0.2) is 33.7 Å². The van der Waals surface area contributed by atoms with Crippen molar-refractivity contribution < 1.29 is 0 Å². The van der Waals surface area contributed by atoms with E-state index in [2.05, 4.69) is 15.5 Å². The van der Waals surface area contributed by atoms with Crippen molar-refractivity contribution in [3.63, 3.8) is 0 Å². The maximum absolute atomic E-state index is 4.31. The molecule has 2 aromatic heterocycles. The Labute approximate surface area is 82.3 Å². The normalized spacial score (nSPS) is 11.1. The molecule has 0 aliphatic rings. The van der Waals surface area contributed by atoms with Crippen molar-refractivity contribution in [2.45, 2.75) is 6.92 Å². The van der Waals surface area contributed by atoms with E-state index >= 15 is 0 Å². The Balaban J connectivity index is 2.41. The first-order valence-corrected chi connectivity index (χ1v) is 4.42. The highest BCUT2D eigenvalue weighted by molar-refractivity contribution is 5.44. The van der Waals surface area contributed by atoms with E-state index in [1.807, 2.05) is 44.4 Å². The first-order chi connectivity index (χ1) is 6.65. The molecule has 0 saturated heterocycles. The minimum atomic E-state index is 0.612. The summed E-state index contributed by atoms with van der Waals surface area (Å²) in [4.78, 5) is 4.31. The summed E-state index contributed by atoms with van der Waals surface area (Å²) in [7, 11) is 3.80. The summed E-state index contributed by atoms with van der Waals surface area (Å²) in [6.07, 6.45) is 1.90. The van der Waals surface area contributed by atoms with Crippen molar-refractivity contribution in [2.24, 2.45) is 0 Å². The number of aryl methyl sites for hydroxylation is 1. The summed E-state index contributed by atoms with van der Waals surface area (Å²) in [6.45, 7) is 2.04. The molecule has 2 heterocycles. The van der Waals surface area contributed by atoms with Crippen molar-refractivity contribution in [3.05, 3.63) is 23.9 Å². The predicted molar refractivity (Wildman–Crippen MR) is 55.0 cm³/mol. The van der Waals surface area contributed by atoms with Gasteiger partial charge in [-0.2, -0.15) is 4.98 Å². The first kappa shape index (κ1) is 8.96. The number of fused-ring (bicyclic) bond motifs is 1. The van der Waals surface area contributed by atoms with Gasteiger partial charge in [-0.1, -0.05) is 0 Å². The summed E-state index contributed by atoms with van der Waals surface area (Å²) in [6, 6.07) is 4.00. The van der Waals surface area contributed by atoms with E-state index in [0.717, 1.165) is 5.65 Å². The monoisotopic (exact) mass is 191 g/mol. The molecule has 74 valence electrons. The third kappa shape index (κ3) is 1.67. The number of pyridine rings is 1. The van der Waals surface area contributed by atoms with Crippen LogP contribution in [-0.2, 0) is 0 Å². The number of anilines is 1. The molecule has 0 saturated carbocycles.